The SMILES string of the molecule is CC1CN(C(C2=CCC(F)(F)C=C2)c2ccccc2)CC(C)N1. The van der Waals surface area contributed by atoms with Gasteiger partial charge < -0.3 is 5.32 Å². The molecular weight excluding hydrogens is 294 g/mol. The minimum Gasteiger partial charge on any atom is -0.309 e. The molecule has 2 nitrogen and oxygen atoms in total. The van der Waals surface area contributed by atoms with Crippen molar-refractivity contribution in [1.82, 2.24) is 10.2 Å². The number of nitrogens with zero attached hydrogens (tertiary/aromatic N) is 1. The molecule has 0 saturated carbocycles. The molecule has 1 aliphatic heterocycles. The van der Waals surface area contributed by atoms with Crippen LogP contribution >= 0.6 is 0 Å². The van der Waals surface area contributed by atoms with E-state index in [4.69, 9.17) is 0 Å². The minimum atomic E-state index is -2.71. The summed E-state index contributed by atoms with van der Waals surface area (Å²) in [6.45, 7) is 6.16. The Morgan fingerprint density at radius 2 is 1.78 bits per heavy atom. The summed E-state index contributed by atoms with van der Waals surface area (Å²) in [6.07, 6.45) is 4.15. The first-order valence-electron chi connectivity index (χ1n) is 8.27. The van der Waals surface area contributed by atoms with Gasteiger partial charge in [-0.05, 0) is 31.1 Å². The van der Waals surface area contributed by atoms with E-state index in [1.165, 1.54) is 0 Å². The average molecular weight is 318 g/mol. The van der Waals surface area contributed by atoms with Gasteiger partial charge in [-0.3, -0.25) is 4.90 Å². The Labute approximate surface area is 136 Å². The first kappa shape index (κ1) is 16.3. The van der Waals surface area contributed by atoms with Gasteiger partial charge >= 0.3 is 0 Å². The summed E-state index contributed by atoms with van der Waals surface area (Å²) in [5, 5.41) is 3.53. The van der Waals surface area contributed by atoms with E-state index in [1.807, 2.05) is 18.2 Å². The smallest absolute Gasteiger partial charge is 0.270 e. The molecule has 3 rings (SSSR count). The highest BCUT2D eigenvalue weighted by atomic mass is 19.3. The lowest BCUT2D eigenvalue weighted by molar-refractivity contribution is 0.0559. The van der Waals surface area contributed by atoms with Crippen LogP contribution < -0.4 is 5.32 Å². The number of nitrogens with one attached hydrogen (secondary N) is 1. The molecule has 1 saturated heterocycles. The second-order valence-corrected chi connectivity index (χ2v) is 6.74. The van der Waals surface area contributed by atoms with Crippen LogP contribution in [0.3, 0.4) is 0 Å². The summed E-state index contributed by atoms with van der Waals surface area (Å²) < 4.78 is 26.9. The van der Waals surface area contributed by atoms with Crippen LogP contribution in [0.5, 0.6) is 0 Å². The van der Waals surface area contributed by atoms with Crippen LogP contribution in [0.2, 0.25) is 0 Å². The predicted molar refractivity (Wildman–Crippen MR) is 89.6 cm³/mol. The van der Waals surface area contributed by atoms with Crippen LogP contribution in [0.25, 0.3) is 0 Å². The molecule has 1 heterocycles. The normalized spacial score (nSPS) is 29.1. The van der Waals surface area contributed by atoms with Crippen LogP contribution in [0.15, 0.2) is 54.1 Å². The fourth-order valence-corrected chi connectivity index (χ4v) is 3.64. The summed E-state index contributed by atoms with van der Waals surface area (Å²) in [6, 6.07) is 11.0. The van der Waals surface area contributed by atoms with Crippen molar-refractivity contribution in [3.8, 4) is 0 Å². The van der Waals surface area contributed by atoms with Gasteiger partial charge in [-0.2, -0.15) is 0 Å². The maximum absolute atomic E-state index is 13.5. The molecule has 1 fully saturated rings. The Morgan fingerprint density at radius 3 is 2.35 bits per heavy atom. The highest BCUT2D eigenvalue weighted by Gasteiger charge is 2.33. The van der Waals surface area contributed by atoms with E-state index < -0.39 is 5.92 Å². The van der Waals surface area contributed by atoms with Gasteiger partial charge in [0.2, 0.25) is 0 Å². The van der Waals surface area contributed by atoms with Crippen molar-refractivity contribution >= 4 is 0 Å². The van der Waals surface area contributed by atoms with Crippen molar-refractivity contribution in [2.24, 2.45) is 0 Å². The number of rotatable bonds is 3. The van der Waals surface area contributed by atoms with Crippen molar-refractivity contribution in [1.29, 1.82) is 0 Å². The molecule has 1 aromatic rings. The molecule has 1 N–H and O–H groups in total. The Morgan fingerprint density at radius 1 is 1.13 bits per heavy atom. The standard InChI is InChI=1S/C19H24F2N2/c1-14-12-23(13-15(2)22-14)18(16-6-4-3-5-7-16)17-8-10-19(20,21)11-9-17/h3-10,14-15,18,22H,11-13H2,1-2H3. The Bertz CT molecular complexity index is 585. The molecule has 23 heavy (non-hydrogen) atoms. The molecule has 0 aromatic heterocycles. The lowest BCUT2D eigenvalue weighted by atomic mass is 9.90. The zero-order valence-electron chi connectivity index (χ0n) is 13.7. The third kappa shape index (κ3) is 3.88. The van der Waals surface area contributed by atoms with Crippen molar-refractivity contribution in [2.45, 2.75) is 44.3 Å². The molecule has 124 valence electrons. The topological polar surface area (TPSA) is 15.3 Å². The number of hydrogen-bond acceptors (Lipinski definition) is 2. The Balaban J connectivity index is 1.92. The van der Waals surface area contributed by atoms with Gasteiger partial charge in [0.1, 0.15) is 0 Å². The first-order chi connectivity index (χ1) is 10.9. The number of allylic oxidation sites excluding steroid dienone is 2. The molecule has 1 aliphatic carbocycles. The third-order valence-corrected chi connectivity index (χ3v) is 4.51. The van der Waals surface area contributed by atoms with Crippen LogP contribution in [-0.2, 0) is 0 Å². The maximum Gasteiger partial charge on any atom is 0.270 e. The summed E-state index contributed by atoms with van der Waals surface area (Å²) in [5.41, 5.74) is 2.14. The van der Waals surface area contributed by atoms with Gasteiger partial charge in [0, 0.05) is 31.6 Å². The van der Waals surface area contributed by atoms with Gasteiger partial charge in [-0.15, -0.1) is 0 Å². The van der Waals surface area contributed by atoms with E-state index in [0.29, 0.717) is 12.1 Å². The molecule has 3 atom stereocenters. The van der Waals surface area contributed by atoms with E-state index in [-0.39, 0.29) is 12.5 Å². The summed E-state index contributed by atoms with van der Waals surface area (Å²) in [4.78, 5) is 2.40. The zero-order valence-corrected chi connectivity index (χ0v) is 13.7. The quantitative estimate of drug-likeness (QED) is 0.908. The van der Waals surface area contributed by atoms with Crippen molar-refractivity contribution in [3.63, 3.8) is 0 Å². The van der Waals surface area contributed by atoms with Gasteiger partial charge in [-0.25, -0.2) is 8.78 Å². The fourth-order valence-electron chi connectivity index (χ4n) is 3.64. The lowest BCUT2D eigenvalue weighted by Gasteiger charge is -2.42. The van der Waals surface area contributed by atoms with E-state index in [1.54, 1.807) is 12.2 Å². The van der Waals surface area contributed by atoms with Crippen LogP contribution in [0.1, 0.15) is 31.9 Å². The zero-order chi connectivity index (χ0) is 16.4. The molecule has 0 spiro atoms. The number of hydrogen-bond donors (Lipinski definition) is 1. The summed E-state index contributed by atoms with van der Waals surface area (Å²) >= 11 is 0. The number of piperazine rings is 1. The van der Waals surface area contributed by atoms with E-state index in [0.717, 1.165) is 30.3 Å². The Kier molecular flexibility index (Phi) is 4.64. The fraction of sp³-hybridized carbons (Fsp3) is 0.474. The van der Waals surface area contributed by atoms with Crippen molar-refractivity contribution in [2.75, 3.05) is 13.1 Å². The molecule has 0 amide bonds. The van der Waals surface area contributed by atoms with Crippen molar-refractivity contribution < 1.29 is 8.78 Å². The van der Waals surface area contributed by atoms with Crippen molar-refractivity contribution in [3.05, 3.63) is 59.7 Å². The second kappa shape index (κ2) is 6.54. The molecule has 0 radical (unpaired) electrons. The molecule has 4 heteroatoms. The van der Waals surface area contributed by atoms with Gasteiger partial charge in [0.05, 0.1) is 6.04 Å². The molecule has 2 aliphatic rings. The number of halogens is 2. The van der Waals surface area contributed by atoms with Crippen LogP contribution in [0.4, 0.5) is 8.78 Å². The number of alkyl halides is 2. The van der Waals surface area contributed by atoms with Gasteiger partial charge in [0.25, 0.3) is 5.92 Å². The second-order valence-electron chi connectivity index (χ2n) is 6.74. The van der Waals surface area contributed by atoms with E-state index in [9.17, 15) is 8.78 Å². The summed E-state index contributed by atoms with van der Waals surface area (Å²) in [5.74, 6) is -2.71. The van der Waals surface area contributed by atoms with Crippen LogP contribution in [-0.4, -0.2) is 36.0 Å². The largest absolute Gasteiger partial charge is 0.309 e. The highest BCUT2D eigenvalue weighted by molar-refractivity contribution is 5.37. The third-order valence-electron chi connectivity index (χ3n) is 4.51. The maximum atomic E-state index is 13.5. The highest BCUT2D eigenvalue weighted by Crippen LogP contribution is 2.36. The van der Waals surface area contributed by atoms with Gasteiger partial charge in [-0.1, -0.05) is 42.5 Å². The lowest BCUT2D eigenvalue weighted by Crippen LogP contribution is -2.55. The average Bonchev–Trinajstić information content (AvgIpc) is 2.49. The molecule has 1 aromatic carbocycles. The van der Waals surface area contributed by atoms with Gasteiger partial charge in [0.15, 0.2) is 0 Å². The number of benzene rings is 1. The molecular formula is C19H24F2N2. The predicted octanol–water partition coefficient (Wildman–Crippen LogP) is 3.93. The van der Waals surface area contributed by atoms with Crippen LogP contribution in [0, 0.1) is 0 Å². The molecule has 3 unspecified atom stereocenters. The molecule has 0 bridgehead atoms. The monoisotopic (exact) mass is 318 g/mol. The minimum absolute atomic E-state index is 0.0375. The first-order valence-corrected chi connectivity index (χ1v) is 8.27. The van der Waals surface area contributed by atoms with E-state index in [2.05, 4.69) is 36.2 Å². The Hall–Kier alpha value is -1.52. The van der Waals surface area contributed by atoms with E-state index >= 15 is 0 Å². The summed E-state index contributed by atoms with van der Waals surface area (Å²) in [7, 11) is 0.